The minimum Gasteiger partial charge on any atom is -0.493 e. The second-order valence-corrected chi connectivity index (χ2v) is 5.86. The Morgan fingerprint density at radius 1 is 1.15 bits per heavy atom. The molecule has 0 unspecified atom stereocenters. The standard InChI is InChI=1S/C21H19N3O3/c1-14(2)27-19-9-8-15(11-20(19)26-3)10-17(13-23)21(25)24-18-7-5-4-6-16(18)12-22/h4-11,14H,1-3H3,(H,24,25)/b17-10+. The fourth-order valence-electron chi connectivity index (χ4n) is 2.32. The first-order valence-corrected chi connectivity index (χ1v) is 8.25. The summed E-state index contributed by atoms with van der Waals surface area (Å²) in [6, 6.07) is 15.6. The molecule has 136 valence electrons. The van der Waals surface area contributed by atoms with Crippen molar-refractivity contribution in [3.8, 4) is 23.6 Å². The lowest BCUT2D eigenvalue weighted by Crippen LogP contribution is -2.14. The molecule has 1 N–H and O–H groups in total. The third kappa shape index (κ3) is 5.10. The van der Waals surface area contributed by atoms with Gasteiger partial charge in [-0.25, -0.2) is 0 Å². The van der Waals surface area contributed by atoms with Crippen molar-refractivity contribution in [1.29, 1.82) is 10.5 Å². The number of ether oxygens (including phenoxy) is 2. The molecule has 0 aromatic heterocycles. The van der Waals surface area contributed by atoms with Crippen LogP contribution in [0, 0.1) is 22.7 Å². The Kier molecular flexibility index (Phi) is 6.57. The van der Waals surface area contributed by atoms with Crippen molar-refractivity contribution in [2.45, 2.75) is 20.0 Å². The van der Waals surface area contributed by atoms with Gasteiger partial charge in [0.1, 0.15) is 17.7 Å². The highest BCUT2D eigenvalue weighted by Crippen LogP contribution is 2.30. The van der Waals surface area contributed by atoms with Gasteiger partial charge in [-0.2, -0.15) is 10.5 Å². The number of hydrogen-bond acceptors (Lipinski definition) is 5. The van der Waals surface area contributed by atoms with Crippen LogP contribution in [0.2, 0.25) is 0 Å². The molecule has 2 aromatic carbocycles. The van der Waals surface area contributed by atoms with Crippen LogP contribution in [0.5, 0.6) is 11.5 Å². The summed E-state index contributed by atoms with van der Waals surface area (Å²) in [5.74, 6) is 0.488. The fraction of sp³-hybridized carbons (Fsp3) is 0.190. The van der Waals surface area contributed by atoms with Crippen molar-refractivity contribution >= 4 is 17.7 Å². The number of nitrogens with zero attached hydrogens (tertiary/aromatic N) is 2. The van der Waals surface area contributed by atoms with Gasteiger partial charge in [0.25, 0.3) is 5.91 Å². The van der Waals surface area contributed by atoms with Gasteiger partial charge in [0.15, 0.2) is 11.5 Å². The number of nitrogens with one attached hydrogen (secondary N) is 1. The van der Waals surface area contributed by atoms with Crippen LogP contribution in [0.3, 0.4) is 0 Å². The Bertz CT molecular complexity index is 950. The van der Waals surface area contributed by atoms with Gasteiger partial charge in [-0.1, -0.05) is 18.2 Å². The van der Waals surface area contributed by atoms with Crippen LogP contribution in [0.1, 0.15) is 25.0 Å². The average molecular weight is 361 g/mol. The lowest BCUT2D eigenvalue weighted by atomic mass is 10.1. The van der Waals surface area contributed by atoms with Crippen molar-refractivity contribution in [2.75, 3.05) is 12.4 Å². The summed E-state index contributed by atoms with van der Waals surface area (Å²) in [6.07, 6.45) is 1.44. The molecule has 0 aliphatic carbocycles. The topological polar surface area (TPSA) is 95.1 Å². The van der Waals surface area contributed by atoms with E-state index >= 15 is 0 Å². The monoisotopic (exact) mass is 361 g/mol. The van der Waals surface area contributed by atoms with Crippen molar-refractivity contribution in [1.82, 2.24) is 0 Å². The minimum atomic E-state index is -0.596. The zero-order valence-electron chi connectivity index (χ0n) is 15.3. The summed E-state index contributed by atoms with van der Waals surface area (Å²) in [5, 5.41) is 21.1. The number of anilines is 1. The molecule has 0 aliphatic heterocycles. The first-order chi connectivity index (χ1) is 13.0. The number of para-hydroxylation sites is 1. The summed E-state index contributed by atoms with van der Waals surface area (Å²) >= 11 is 0. The van der Waals surface area contributed by atoms with Gasteiger partial charge in [-0.3, -0.25) is 4.79 Å². The molecule has 0 radical (unpaired) electrons. The van der Waals surface area contributed by atoms with Crippen LogP contribution in [-0.4, -0.2) is 19.1 Å². The first-order valence-electron chi connectivity index (χ1n) is 8.25. The Hall–Kier alpha value is -3.77. The van der Waals surface area contributed by atoms with E-state index in [1.165, 1.54) is 13.2 Å². The van der Waals surface area contributed by atoms with Crippen LogP contribution in [0.15, 0.2) is 48.0 Å². The maximum absolute atomic E-state index is 12.4. The van der Waals surface area contributed by atoms with Gasteiger partial charge < -0.3 is 14.8 Å². The average Bonchev–Trinajstić information content (AvgIpc) is 2.66. The second kappa shape index (κ2) is 9.07. The third-order valence-electron chi connectivity index (χ3n) is 3.52. The predicted octanol–water partition coefficient (Wildman–Crippen LogP) is 3.90. The number of benzene rings is 2. The number of hydrogen-bond donors (Lipinski definition) is 1. The summed E-state index contributed by atoms with van der Waals surface area (Å²) < 4.78 is 11.0. The molecule has 0 spiro atoms. The van der Waals surface area contributed by atoms with E-state index in [1.54, 1.807) is 42.5 Å². The number of nitriles is 2. The minimum absolute atomic E-state index is 0.0130. The molecule has 0 saturated carbocycles. The highest BCUT2D eigenvalue weighted by molar-refractivity contribution is 6.10. The summed E-state index contributed by atoms with van der Waals surface area (Å²) in [5.41, 5.74) is 1.19. The zero-order chi connectivity index (χ0) is 19.8. The lowest BCUT2D eigenvalue weighted by Gasteiger charge is -2.14. The molecule has 0 aliphatic rings. The molecule has 6 nitrogen and oxygen atoms in total. The quantitative estimate of drug-likeness (QED) is 0.622. The second-order valence-electron chi connectivity index (χ2n) is 5.86. The molecule has 0 saturated heterocycles. The molecular weight excluding hydrogens is 342 g/mol. The van der Waals surface area contributed by atoms with Gasteiger partial charge in [0, 0.05) is 0 Å². The number of amides is 1. The molecule has 6 heteroatoms. The van der Waals surface area contributed by atoms with Crippen LogP contribution in [-0.2, 0) is 4.79 Å². The maximum atomic E-state index is 12.4. The highest BCUT2D eigenvalue weighted by Gasteiger charge is 2.13. The van der Waals surface area contributed by atoms with Crippen LogP contribution in [0.25, 0.3) is 6.08 Å². The Morgan fingerprint density at radius 3 is 2.52 bits per heavy atom. The van der Waals surface area contributed by atoms with E-state index in [9.17, 15) is 10.1 Å². The number of rotatable bonds is 6. The predicted molar refractivity (Wildman–Crippen MR) is 102 cm³/mol. The Balaban J connectivity index is 2.29. The summed E-state index contributed by atoms with van der Waals surface area (Å²) in [6.45, 7) is 3.81. The number of methoxy groups -OCH3 is 1. The van der Waals surface area contributed by atoms with E-state index < -0.39 is 5.91 Å². The van der Waals surface area contributed by atoms with Crippen molar-refractivity contribution < 1.29 is 14.3 Å². The maximum Gasteiger partial charge on any atom is 0.266 e. The van der Waals surface area contributed by atoms with E-state index in [0.717, 1.165) is 0 Å². The lowest BCUT2D eigenvalue weighted by molar-refractivity contribution is -0.112. The molecule has 0 atom stereocenters. The van der Waals surface area contributed by atoms with E-state index in [0.29, 0.717) is 28.3 Å². The van der Waals surface area contributed by atoms with E-state index in [1.807, 2.05) is 26.0 Å². The summed E-state index contributed by atoms with van der Waals surface area (Å²) in [4.78, 5) is 12.4. The SMILES string of the molecule is COc1cc(/C=C(\C#N)C(=O)Nc2ccccc2C#N)ccc1OC(C)C. The van der Waals surface area contributed by atoms with Gasteiger partial charge in [0.05, 0.1) is 24.5 Å². The van der Waals surface area contributed by atoms with Crippen LogP contribution < -0.4 is 14.8 Å². The normalized spacial score (nSPS) is 10.7. The van der Waals surface area contributed by atoms with Gasteiger partial charge in [-0.05, 0) is 49.8 Å². The molecule has 0 heterocycles. The molecule has 0 bridgehead atoms. The first kappa shape index (κ1) is 19.6. The molecular formula is C21H19N3O3. The van der Waals surface area contributed by atoms with E-state index in [4.69, 9.17) is 14.7 Å². The van der Waals surface area contributed by atoms with Crippen LogP contribution >= 0.6 is 0 Å². The smallest absolute Gasteiger partial charge is 0.266 e. The Morgan fingerprint density at radius 2 is 1.89 bits per heavy atom. The van der Waals surface area contributed by atoms with Crippen LogP contribution in [0.4, 0.5) is 5.69 Å². The zero-order valence-corrected chi connectivity index (χ0v) is 15.3. The van der Waals surface area contributed by atoms with Gasteiger partial charge >= 0.3 is 0 Å². The van der Waals surface area contributed by atoms with E-state index in [2.05, 4.69) is 5.32 Å². The molecule has 0 fully saturated rings. The van der Waals surface area contributed by atoms with E-state index in [-0.39, 0.29) is 11.7 Å². The fourth-order valence-corrected chi connectivity index (χ4v) is 2.32. The number of carbonyl (C=O) groups excluding carboxylic acids is 1. The highest BCUT2D eigenvalue weighted by atomic mass is 16.5. The molecule has 1 amide bonds. The van der Waals surface area contributed by atoms with Crippen molar-refractivity contribution in [3.05, 3.63) is 59.2 Å². The molecule has 2 aromatic rings. The van der Waals surface area contributed by atoms with Crippen molar-refractivity contribution in [2.24, 2.45) is 0 Å². The summed E-state index contributed by atoms with van der Waals surface area (Å²) in [7, 11) is 1.52. The van der Waals surface area contributed by atoms with Crippen molar-refractivity contribution in [3.63, 3.8) is 0 Å². The Labute approximate surface area is 158 Å². The third-order valence-corrected chi connectivity index (χ3v) is 3.52. The largest absolute Gasteiger partial charge is 0.493 e. The van der Waals surface area contributed by atoms with Gasteiger partial charge in [0.2, 0.25) is 0 Å². The molecule has 2 rings (SSSR count). The van der Waals surface area contributed by atoms with Gasteiger partial charge in [-0.15, -0.1) is 0 Å². The number of carbonyl (C=O) groups is 1. The molecule has 27 heavy (non-hydrogen) atoms.